The third-order valence-corrected chi connectivity index (χ3v) is 7.36. The summed E-state index contributed by atoms with van der Waals surface area (Å²) in [7, 11) is -3.30. The molecule has 130 valence electrons. The quantitative estimate of drug-likeness (QED) is 0.703. The monoisotopic (exact) mass is 344 g/mol. The van der Waals surface area contributed by atoms with Crippen LogP contribution in [0.5, 0.6) is 0 Å². The molecule has 1 spiro atoms. The van der Waals surface area contributed by atoms with Crippen LogP contribution in [0.1, 0.15) is 52.0 Å². The molecule has 3 rings (SSSR count). The summed E-state index contributed by atoms with van der Waals surface area (Å²) in [5.74, 6) is 0.144. The van der Waals surface area contributed by atoms with Gasteiger partial charge in [-0.15, -0.1) is 0 Å². The molecule has 1 aromatic rings. The average Bonchev–Trinajstić information content (AvgIpc) is 2.73. The van der Waals surface area contributed by atoms with Crippen LogP contribution >= 0.6 is 0 Å². The minimum absolute atomic E-state index is 0.0421. The lowest BCUT2D eigenvalue weighted by molar-refractivity contribution is 0.285. The van der Waals surface area contributed by atoms with Crippen molar-refractivity contribution >= 4 is 9.84 Å². The predicted octanol–water partition coefficient (Wildman–Crippen LogP) is 5.24. The first-order valence-electron chi connectivity index (χ1n) is 8.84. The lowest BCUT2D eigenvalue weighted by Gasteiger charge is -2.38. The SMILES string of the molecule is CC1=CCCCC12CC(C)(C)C=C2CS(=O)(=O)c1ccc(C)cc1. The van der Waals surface area contributed by atoms with E-state index in [1.165, 1.54) is 5.57 Å². The van der Waals surface area contributed by atoms with Gasteiger partial charge in [-0.05, 0) is 62.7 Å². The van der Waals surface area contributed by atoms with Crippen molar-refractivity contribution < 1.29 is 8.42 Å². The number of hydrogen-bond donors (Lipinski definition) is 0. The molecular formula is C21H28O2S. The van der Waals surface area contributed by atoms with E-state index < -0.39 is 9.84 Å². The zero-order valence-corrected chi connectivity index (χ0v) is 16.0. The highest BCUT2D eigenvalue weighted by atomic mass is 32.2. The van der Waals surface area contributed by atoms with Gasteiger partial charge in [-0.1, -0.05) is 49.3 Å². The summed E-state index contributed by atoms with van der Waals surface area (Å²) in [6, 6.07) is 7.23. The molecule has 1 atom stereocenters. The first-order chi connectivity index (χ1) is 11.1. The molecule has 2 aliphatic carbocycles. The maximum atomic E-state index is 13.0. The van der Waals surface area contributed by atoms with Crippen molar-refractivity contribution in [2.24, 2.45) is 10.8 Å². The summed E-state index contributed by atoms with van der Waals surface area (Å²) in [5.41, 5.74) is 3.58. The molecule has 0 amide bonds. The molecule has 24 heavy (non-hydrogen) atoms. The summed E-state index contributed by atoms with van der Waals surface area (Å²) >= 11 is 0. The van der Waals surface area contributed by atoms with Crippen LogP contribution in [0.15, 0.2) is 52.5 Å². The zero-order chi connectivity index (χ0) is 17.6. The molecule has 0 bridgehead atoms. The van der Waals surface area contributed by atoms with E-state index in [2.05, 4.69) is 32.9 Å². The maximum Gasteiger partial charge on any atom is 0.182 e. The number of hydrogen-bond acceptors (Lipinski definition) is 2. The van der Waals surface area contributed by atoms with Crippen molar-refractivity contribution in [3.05, 3.63) is 53.1 Å². The van der Waals surface area contributed by atoms with Gasteiger partial charge in [-0.25, -0.2) is 8.42 Å². The summed E-state index contributed by atoms with van der Waals surface area (Å²) < 4.78 is 26.0. The minimum Gasteiger partial charge on any atom is -0.223 e. The number of aryl methyl sites for hydroxylation is 1. The van der Waals surface area contributed by atoms with Crippen LogP contribution in [0, 0.1) is 17.8 Å². The van der Waals surface area contributed by atoms with Gasteiger partial charge in [0.15, 0.2) is 9.84 Å². The molecule has 0 N–H and O–H groups in total. The van der Waals surface area contributed by atoms with E-state index in [4.69, 9.17) is 0 Å². The molecule has 0 aliphatic heterocycles. The van der Waals surface area contributed by atoms with Gasteiger partial charge in [-0.2, -0.15) is 0 Å². The van der Waals surface area contributed by atoms with E-state index in [0.29, 0.717) is 4.90 Å². The average molecular weight is 345 g/mol. The lowest BCUT2D eigenvalue weighted by atomic mass is 9.67. The van der Waals surface area contributed by atoms with Crippen molar-refractivity contribution in [3.63, 3.8) is 0 Å². The van der Waals surface area contributed by atoms with E-state index in [0.717, 1.165) is 36.8 Å². The van der Waals surface area contributed by atoms with Gasteiger partial charge in [0, 0.05) is 5.41 Å². The Morgan fingerprint density at radius 3 is 2.38 bits per heavy atom. The summed E-state index contributed by atoms with van der Waals surface area (Å²) in [6.45, 7) is 8.61. The molecule has 0 aromatic heterocycles. The Labute approximate surface area is 146 Å². The molecule has 2 nitrogen and oxygen atoms in total. The minimum atomic E-state index is -3.30. The van der Waals surface area contributed by atoms with Gasteiger partial charge in [0.05, 0.1) is 10.6 Å². The maximum absolute atomic E-state index is 13.0. The second kappa shape index (κ2) is 5.87. The van der Waals surface area contributed by atoms with Gasteiger partial charge in [0.2, 0.25) is 0 Å². The first kappa shape index (κ1) is 17.5. The first-order valence-corrected chi connectivity index (χ1v) is 10.5. The van der Waals surface area contributed by atoms with Crippen LogP contribution in [-0.2, 0) is 9.84 Å². The third-order valence-electron chi connectivity index (χ3n) is 5.68. The van der Waals surface area contributed by atoms with Crippen molar-refractivity contribution in [1.29, 1.82) is 0 Å². The van der Waals surface area contributed by atoms with Gasteiger partial charge in [0.1, 0.15) is 0 Å². The smallest absolute Gasteiger partial charge is 0.182 e. The Morgan fingerprint density at radius 1 is 1.08 bits per heavy atom. The highest BCUT2D eigenvalue weighted by Crippen LogP contribution is 2.57. The van der Waals surface area contributed by atoms with E-state index in [-0.39, 0.29) is 16.6 Å². The highest BCUT2D eigenvalue weighted by Gasteiger charge is 2.47. The predicted molar refractivity (Wildman–Crippen MR) is 99.8 cm³/mol. The van der Waals surface area contributed by atoms with Crippen LogP contribution in [0.25, 0.3) is 0 Å². The Bertz CT molecular complexity index is 795. The topological polar surface area (TPSA) is 34.1 Å². The summed E-state index contributed by atoms with van der Waals surface area (Å²) in [6.07, 6.45) is 8.93. The number of benzene rings is 1. The highest BCUT2D eigenvalue weighted by molar-refractivity contribution is 7.91. The van der Waals surface area contributed by atoms with Crippen molar-refractivity contribution in [3.8, 4) is 0 Å². The molecule has 0 fully saturated rings. The molecule has 1 unspecified atom stereocenters. The van der Waals surface area contributed by atoms with E-state index in [1.54, 1.807) is 12.1 Å². The van der Waals surface area contributed by atoms with E-state index in [1.807, 2.05) is 19.1 Å². The second-order valence-corrected chi connectivity index (χ2v) is 10.3. The fourth-order valence-corrected chi connectivity index (χ4v) is 6.01. The Hall–Kier alpha value is -1.35. The Balaban J connectivity index is 1.99. The molecule has 0 heterocycles. The summed E-state index contributed by atoms with van der Waals surface area (Å²) in [4.78, 5) is 0.436. The number of allylic oxidation sites excluding steroid dienone is 3. The molecule has 0 radical (unpaired) electrons. The van der Waals surface area contributed by atoms with Gasteiger partial charge < -0.3 is 0 Å². The van der Waals surface area contributed by atoms with Crippen molar-refractivity contribution in [1.82, 2.24) is 0 Å². The van der Waals surface area contributed by atoms with Crippen LogP contribution in [0.2, 0.25) is 0 Å². The van der Waals surface area contributed by atoms with Gasteiger partial charge >= 0.3 is 0 Å². The van der Waals surface area contributed by atoms with Crippen LogP contribution < -0.4 is 0 Å². The molecule has 0 saturated carbocycles. The standard InChI is InChI=1S/C21H28O2S/c1-16-8-10-19(11-9-16)24(22,23)14-18-13-20(3,4)15-21(18)12-6-5-7-17(21)2/h7-11,13H,5-6,12,14-15H2,1-4H3. The lowest BCUT2D eigenvalue weighted by Crippen LogP contribution is -2.29. The fraction of sp³-hybridized carbons (Fsp3) is 0.524. The van der Waals surface area contributed by atoms with E-state index in [9.17, 15) is 8.42 Å². The van der Waals surface area contributed by atoms with Gasteiger partial charge in [0.25, 0.3) is 0 Å². The Morgan fingerprint density at radius 2 is 1.75 bits per heavy atom. The molecule has 3 heteroatoms. The zero-order valence-electron chi connectivity index (χ0n) is 15.2. The van der Waals surface area contributed by atoms with Crippen LogP contribution in [-0.4, -0.2) is 14.2 Å². The summed E-state index contributed by atoms with van der Waals surface area (Å²) in [5, 5.41) is 0. The molecule has 2 aliphatic rings. The largest absolute Gasteiger partial charge is 0.223 e. The Kier molecular flexibility index (Phi) is 4.28. The molecular weight excluding hydrogens is 316 g/mol. The number of rotatable bonds is 3. The van der Waals surface area contributed by atoms with E-state index >= 15 is 0 Å². The number of sulfone groups is 1. The van der Waals surface area contributed by atoms with Crippen LogP contribution in [0.4, 0.5) is 0 Å². The third kappa shape index (κ3) is 3.11. The van der Waals surface area contributed by atoms with Crippen molar-refractivity contribution in [2.75, 3.05) is 5.75 Å². The molecule has 1 aromatic carbocycles. The molecule has 0 saturated heterocycles. The second-order valence-electron chi connectivity index (χ2n) is 8.27. The van der Waals surface area contributed by atoms with Crippen molar-refractivity contribution in [2.45, 2.75) is 58.3 Å². The normalized spacial score (nSPS) is 26.3. The van der Waals surface area contributed by atoms with Crippen LogP contribution in [0.3, 0.4) is 0 Å². The fourth-order valence-electron chi connectivity index (χ4n) is 4.52. The van der Waals surface area contributed by atoms with Gasteiger partial charge in [-0.3, -0.25) is 0 Å².